The van der Waals surface area contributed by atoms with Crippen molar-refractivity contribution in [2.45, 2.75) is 0 Å². The minimum Gasteiger partial charge on any atom is -0.310 e. The molecule has 1 heteroatoms. The zero-order valence-electron chi connectivity index (χ0n) is 19.2. The summed E-state index contributed by atoms with van der Waals surface area (Å²) >= 11 is 0. The van der Waals surface area contributed by atoms with Crippen LogP contribution in [0.3, 0.4) is 0 Å². The maximum Gasteiger partial charge on any atom is 0.0546 e. The van der Waals surface area contributed by atoms with Crippen LogP contribution in [0.1, 0.15) is 0 Å². The summed E-state index contributed by atoms with van der Waals surface area (Å²) in [6, 6.07) is 50.2. The zero-order chi connectivity index (χ0) is 23.2. The van der Waals surface area contributed by atoms with Crippen LogP contribution in [0.15, 0.2) is 140 Å². The van der Waals surface area contributed by atoms with E-state index in [1.807, 2.05) is 0 Å². The monoisotopic (exact) mass is 445 g/mol. The van der Waals surface area contributed by atoms with E-state index in [4.69, 9.17) is 0 Å². The Kier molecular flexibility index (Phi) is 4.53. The van der Waals surface area contributed by atoms with E-state index in [0.717, 1.165) is 11.4 Å². The molecule has 0 unspecified atom stereocenters. The molecule has 164 valence electrons. The fraction of sp³-hybridized carbons (Fsp3) is 0. The predicted octanol–water partition coefficient (Wildman–Crippen LogP) is 9.77. The molecule has 0 saturated heterocycles. The summed E-state index contributed by atoms with van der Waals surface area (Å²) in [7, 11) is 0. The molecule has 0 spiro atoms. The number of hydrogen-bond acceptors (Lipinski definition) is 1. The van der Waals surface area contributed by atoms with Crippen molar-refractivity contribution in [2.75, 3.05) is 4.90 Å². The Balaban J connectivity index is 1.70. The molecule has 7 aromatic carbocycles. The van der Waals surface area contributed by atoms with E-state index in [-0.39, 0.29) is 0 Å². The first-order valence-corrected chi connectivity index (χ1v) is 12.1. The lowest BCUT2D eigenvalue weighted by atomic mass is 9.90. The van der Waals surface area contributed by atoms with Gasteiger partial charge in [0.05, 0.1) is 5.69 Å². The summed E-state index contributed by atoms with van der Waals surface area (Å²) in [6.07, 6.45) is 0. The molecule has 0 bridgehead atoms. The van der Waals surface area contributed by atoms with Gasteiger partial charge >= 0.3 is 0 Å². The SMILES string of the molecule is c1ccc(N(c2ccccc2)c2cc3c4ccccc4c4ccccc4c3c3ccccc23)cc1. The third-order valence-electron chi connectivity index (χ3n) is 7.00. The average molecular weight is 446 g/mol. The van der Waals surface area contributed by atoms with Gasteiger partial charge in [0.25, 0.3) is 0 Å². The molecule has 0 amide bonds. The van der Waals surface area contributed by atoms with Gasteiger partial charge in [0.15, 0.2) is 0 Å². The van der Waals surface area contributed by atoms with Crippen molar-refractivity contribution >= 4 is 60.2 Å². The van der Waals surface area contributed by atoms with Crippen LogP contribution in [-0.2, 0) is 0 Å². The second-order valence-electron chi connectivity index (χ2n) is 8.96. The normalized spacial score (nSPS) is 11.4. The Hall–Kier alpha value is -4.62. The molecular formula is C34H23N. The minimum absolute atomic E-state index is 1.15. The van der Waals surface area contributed by atoms with Crippen LogP contribution in [-0.4, -0.2) is 0 Å². The van der Waals surface area contributed by atoms with Gasteiger partial charge in [0.2, 0.25) is 0 Å². The first-order valence-electron chi connectivity index (χ1n) is 12.1. The maximum atomic E-state index is 2.40. The van der Waals surface area contributed by atoms with Gasteiger partial charge in [-0.25, -0.2) is 0 Å². The Morgan fingerprint density at radius 2 is 0.686 bits per heavy atom. The summed E-state index contributed by atoms with van der Waals surface area (Å²) in [5.41, 5.74) is 3.48. The molecule has 0 aromatic heterocycles. The average Bonchev–Trinajstić information content (AvgIpc) is 2.94. The number of fused-ring (bicyclic) bond motifs is 8. The van der Waals surface area contributed by atoms with E-state index in [1.165, 1.54) is 48.8 Å². The highest BCUT2D eigenvalue weighted by Crippen LogP contribution is 2.45. The van der Waals surface area contributed by atoms with Crippen molar-refractivity contribution in [1.29, 1.82) is 0 Å². The van der Waals surface area contributed by atoms with Gasteiger partial charge in [0.1, 0.15) is 0 Å². The molecule has 0 fully saturated rings. The van der Waals surface area contributed by atoms with Crippen LogP contribution in [0.4, 0.5) is 17.1 Å². The Labute approximate surface area is 204 Å². The topological polar surface area (TPSA) is 3.24 Å². The van der Waals surface area contributed by atoms with Crippen molar-refractivity contribution < 1.29 is 0 Å². The lowest BCUT2D eigenvalue weighted by Gasteiger charge is -2.28. The summed E-state index contributed by atoms with van der Waals surface area (Å²) in [4.78, 5) is 2.38. The molecule has 0 N–H and O–H groups in total. The molecule has 0 aliphatic rings. The van der Waals surface area contributed by atoms with Crippen molar-refractivity contribution in [1.82, 2.24) is 0 Å². The fourth-order valence-electron chi connectivity index (χ4n) is 5.51. The van der Waals surface area contributed by atoms with E-state index in [0.29, 0.717) is 0 Å². The number of benzene rings is 7. The second-order valence-corrected chi connectivity index (χ2v) is 8.96. The van der Waals surface area contributed by atoms with Crippen molar-refractivity contribution in [3.8, 4) is 0 Å². The molecule has 0 radical (unpaired) electrons. The fourth-order valence-corrected chi connectivity index (χ4v) is 5.51. The molecule has 0 aliphatic heterocycles. The number of rotatable bonds is 3. The minimum atomic E-state index is 1.15. The number of para-hydroxylation sites is 2. The number of anilines is 3. The summed E-state index contributed by atoms with van der Waals surface area (Å²) < 4.78 is 0. The highest BCUT2D eigenvalue weighted by molar-refractivity contribution is 6.33. The van der Waals surface area contributed by atoms with E-state index in [1.54, 1.807) is 0 Å². The van der Waals surface area contributed by atoms with Gasteiger partial charge < -0.3 is 4.90 Å². The zero-order valence-corrected chi connectivity index (χ0v) is 19.2. The molecule has 0 saturated carbocycles. The third-order valence-corrected chi connectivity index (χ3v) is 7.00. The summed E-state index contributed by atoms with van der Waals surface area (Å²) in [6.45, 7) is 0. The van der Waals surface area contributed by atoms with Crippen LogP contribution in [0, 0.1) is 0 Å². The van der Waals surface area contributed by atoms with Crippen LogP contribution >= 0.6 is 0 Å². The van der Waals surface area contributed by atoms with E-state index >= 15 is 0 Å². The van der Waals surface area contributed by atoms with Gasteiger partial charge in [-0.2, -0.15) is 0 Å². The van der Waals surface area contributed by atoms with Crippen molar-refractivity contribution in [3.05, 3.63) is 140 Å². The highest BCUT2D eigenvalue weighted by atomic mass is 15.1. The third kappa shape index (κ3) is 3.09. The molecule has 7 rings (SSSR count). The van der Waals surface area contributed by atoms with Crippen LogP contribution in [0.25, 0.3) is 43.1 Å². The largest absolute Gasteiger partial charge is 0.310 e. The van der Waals surface area contributed by atoms with Gasteiger partial charge in [0, 0.05) is 16.8 Å². The van der Waals surface area contributed by atoms with Crippen molar-refractivity contribution in [2.24, 2.45) is 0 Å². The van der Waals surface area contributed by atoms with Crippen LogP contribution in [0.2, 0.25) is 0 Å². The van der Waals surface area contributed by atoms with Crippen LogP contribution in [0.5, 0.6) is 0 Å². The molecular weight excluding hydrogens is 422 g/mol. The van der Waals surface area contributed by atoms with Gasteiger partial charge in [-0.05, 0) is 68.0 Å². The number of nitrogens with zero attached hydrogens (tertiary/aromatic N) is 1. The molecule has 0 aliphatic carbocycles. The van der Waals surface area contributed by atoms with Gasteiger partial charge in [-0.15, -0.1) is 0 Å². The molecule has 0 heterocycles. The second kappa shape index (κ2) is 8.00. The lowest BCUT2D eigenvalue weighted by molar-refractivity contribution is 1.30. The quantitative estimate of drug-likeness (QED) is 0.245. The first-order chi connectivity index (χ1) is 17.4. The molecule has 7 aromatic rings. The van der Waals surface area contributed by atoms with Crippen LogP contribution < -0.4 is 4.90 Å². The lowest BCUT2D eigenvalue weighted by Crippen LogP contribution is -2.10. The maximum absolute atomic E-state index is 2.40. The van der Waals surface area contributed by atoms with Gasteiger partial charge in [-0.1, -0.05) is 109 Å². The molecule has 1 nitrogen and oxygen atoms in total. The summed E-state index contributed by atoms with van der Waals surface area (Å²) in [5.74, 6) is 0. The Morgan fingerprint density at radius 3 is 1.23 bits per heavy atom. The Morgan fingerprint density at radius 1 is 0.314 bits per heavy atom. The van der Waals surface area contributed by atoms with Crippen molar-refractivity contribution in [3.63, 3.8) is 0 Å². The van der Waals surface area contributed by atoms with Gasteiger partial charge in [-0.3, -0.25) is 0 Å². The van der Waals surface area contributed by atoms with E-state index < -0.39 is 0 Å². The first kappa shape index (κ1) is 19.8. The standard InChI is InChI=1S/C34H23N/c1-3-13-24(14-4-1)35(25-15-5-2-6-16-25)33-23-32-28-19-8-7-17-26(28)27-18-9-11-21-30(27)34(32)31-22-12-10-20-29(31)33/h1-23H. The predicted molar refractivity (Wildman–Crippen MR) is 151 cm³/mol. The summed E-state index contributed by atoms with van der Waals surface area (Å²) in [5, 5.41) is 10.3. The molecule has 0 atom stereocenters. The molecule has 35 heavy (non-hydrogen) atoms. The van der Waals surface area contributed by atoms with E-state index in [9.17, 15) is 0 Å². The van der Waals surface area contributed by atoms with E-state index in [2.05, 4.69) is 144 Å². The highest BCUT2D eigenvalue weighted by Gasteiger charge is 2.19. The Bertz CT molecular complexity index is 1800. The number of hydrogen-bond donors (Lipinski definition) is 0. The smallest absolute Gasteiger partial charge is 0.0546 e.